The Hall–Kier alpha value is -0.730. The fourth-order valence-electron chi connectivity index (χ4n) is 2.47. The number of hydrogen-bond acceptors (Lipinski definition) is 2. The molecule has 15 heavy (non-hydrogen) atoms. The molecule has 1 aliphatic carbocycles. The van der Waals surface area contributed by atoms with Gasteiger partial charge in [-0.1, -0.05) is 24.1 Å². The van der Waals surface area contributed by atoms with Crippen LogP contribution < -0.4 is 5.73 Å². The van der Waals surface area contributed by atoms with Crippen LogP contribution >= 0.6 is 11.6 Å². The molecule has 1 saturated carbocycles. The van der Waals surface area contributed by atoms with E-state index in [0.717, 1.165) is 24.8 Å². The lowest BCUT2D eigenvalue weighted by molar-refractivity contribution is 0.229. The minimum Gasteiger partial charge on any atom is -0.508 e. The average molecular weight is 226 g/mol. The Morgan fingerprint density at radius 1 is 1.40 bits per heavy atom. The highest BCUT2D eigenvalue weighted by Gasteiger charge is 2.39. The zero-order valence-corrected chi connectivity index (χ0v) is 9.43. The Morgan fingerprint density at radius 2 is 2.13 bits per heavy atom. The van der Waals surface area contributed by atoms with Crippen LogP contribution in [0.25, 0.3) is 0 Å². The molecule has 0 spiro atoms. The van der Waals surface area contributed by atoms with Crippen LogP contribution in [0.1, 0.15) is 31.2 Å². The lowest BCUT2D eigenvalue weighted by atomic mass is 9.62. The molecule has 1 fully saturated rings. The van der Waals surface area contributed by atoms with Gasteiger partial charge in [-0.15, -0.1) is 0 Å². The molecule has 1 aromatic carbocycles. The summed E-state index contributed by atoms with van der Waals surface area (Å²) in [6, 6.07) is 5.26. The maximum absolute atomic E-state index is 9.31. The largest absolute Gasteiger partial charge is 0.508 e. The van der Waals surface area contributed by atoms with E-state index in [4.69, 9.17) is 17.3 Å². The number of nitrogens with two attached hydrogens (primary N) is 1. The third kappa shape index (κ3) is 1.84. The predicted octanol–water partition coefficient (Wildman–Crippen LogP) is 2.82. The van der Waals surface area contributed by atoms with Crippen LogP contribution in [-0.4, -0.2) is 11.7 Å². The maximum Gasteiger partial charge on any atom is 0.117 e. The average Bonchev–Trinajstić information content (AvgIpc) is 2.12. The second-order valence-corrected chi connectivity index (χ2v) is 4.74. The van der Waals surface area contributed by atoms with Crippen LogP contribution in [0.5, 0.6) is 5.75 Å². The first-order valence-electron chi connectivity index (χ1n) is 5.37. The Morgan fingerprint density at radius 3 is 2.60 bits per heavy atom. The molecular weight excluding hydrogens is 210 g/mol. The Labute approximate surface area is 95.1 Å². The normalized spacial score (nSPS) is 18.5. The smallest absolute Gasteiger partial charge is 0.117 e. The molecule has 0 aromatic heterocycles. The molecule has 2 nitrogen and oxygen atoms in total. The van der Waals surface area contributed by atoms with Gasteiger partial charge in [-0.2, -0.15) is 0 Å². The summed E-state index contributed by atoms with van der Waals surface area (Å²) < 4.78 is 0. The van der Waals surface area contributed by atoms with Gasteiger partial charge in [0.15, 0.2) is 0 Å². The molecule has 0 atom stereocenters. The van der Waals surface area contributed by atoms with E-state index < -0.39 is 0 Å². The van der Waals surface area contributed by atoms with Crippen LogP contribution in [0.3, 0.4) is 0 Å². The second-order valence-electron chi connectivity index (χ2n) is 4.34. The standard InChI is InChI=1S/C12H16ClNO/c13-11-8-9(15)2-3-10(11)12(6-7-14)4-1-5-12/h2-3,8,15H,1,4-7,14H2. The summed E-state index contributed by atoms with van der Waals surface area (Å²) in [5.41, 5.74) is 6.98. The molecule has 0 heterocycles. The van der Waals surface area contributed by atoms with Gasteiger partial charge >= 0.3 is 0 Å². The van der Waals surface area contributed by atoms with E-state index in [2.05, 4.69) is 0 Å². The highest BCUT2D eigenvalue weighted by atomic mass is 35.5. The van der Waals surface area contributed by atoms with Crippen LogP contribution in [0.15, 0.2) is 18.2 Å². The van der Waals surface area contributed by atoms with E-state index in [1.165, 1.54) is 6.42 Å². The molecule has 0 aliphatic heterocycles. The van der Waals surface area contributed by atoms with Crippen LogP contribution in [0, 0.1) is 0 Å². The van der Waals surface area contributed by atoms with Crippen molar-refractivity contribution in [1.29, 1.82) is 0 Å². The van der Waals surface area contributed by atoms with Gasteiger partial charge in [0.25, 0.3) is 0 Å². The molecular formula is C12H16ClNO. The summed E-state index contributed by atoms with van der Waals surface area (Å²) >= 11 is 6.16. The second kappa shape index (κ2) is 4.03. The molecule has 0 unspecified atom stereocenters. The third-order valence-electron chi connectivity index (χ3n) is 3.46. The van der Waals surface area contributed by atoms with Crippen molar-refractivity contribution in [2.45, 2.75) is 31.1 Å². The summed E-state index contributed by atoms with van der Waals surface area (Å²) in [5.74, 6) is 0.228. The number of halogens is 1. The third-order valence-corrected chi connectivity index (χ3v) is 3.77. The predicted molar refractivity (Wildman–Crippen MR) is 62.3 cm³/mol. The fraction of sp³-hybridized carbons (Fsp3) is 0.500. The van der Waals surface area contributed by atoms with E-state index in [-0.39, 0.29) is 11.2 Å². The molecule has 1 aromatic rings. The highest BCUT2D eigenvalue weighted by molar-refractivity contribution is 6.31. The first-order chi connectivity index (χ1) is 7.18. The summed E-state index contributed by atoms with van der Waals surface area (Å²) in [6.07, 6.45) is 4.55. The van der Waals surface area contributed by atoms with Crippen molar-refractivity contribution in [1.82, 2.24) is 0 Å². The first kappa shape index (κ1) is 10.8. The molecule has 0 bridgehead atoms. The van der Waals surface area contributed by atoms with Gasteiger partial charge in [0.1, 0.15) is 5.75 Å². The molecule has 1 aliphatic rings. The number of hydrogen-bond donors (Lipinski definition) is 2. The van der Waals surface area contributed by atoms with Gasteiger partial charge in [-0.05, 0) is 48.9 Å². The van der Waals surface area contributed by atoms with Gasteiger partial charge in [0.05, 0.1) is 0 Å². The zero-order valence-electron chi connectivity index (χ0n) is 8.67. The van der Waals surface area contributed by atoms with Crippen molar-refractivity contribution in [2.24, 2.45) is 5.73 Å². The first-order valence-corrected chi connectivity index (χ1v) is 5.75. The monoisotopic (exact) mass is 225 g/mol. The fourth-order valence-corrected chi connectivity index (χ4v) is 2.84. The van der Waals surface area contributed by atoms with Crippen LogP contribution in [0.4, 0.5) is 0 Å². The van der Waals surface area contributed by atoms with Crippen molar-refractivity contribution in [3.8, 4) is 5.75 Å². The van der Waals surface area contributed by atoms with E-state index in [1.54, 1.807) is 12.1 Å². The van der Waals surface area contributed by atoms with Crippen molar-refractivity contribution in [3.05, 3.63) is 28.8 Å². The summed E-state index contributed by atoms with van der Waals surface area (Å²) in [6.45, 7) is 0.692. The summed E-state index contributed by atoms with van der Waals surface area (Å²) in [5, 5.41) is 9.98. The van der Waals surface area contributed by atoms with Gasteiger partial charge in [-0.3, -0.25) is 0 Å². The van der Waals surface area contributed by atoms with Crippen molar-refractivity contribution < 1.29 is 5.11 Å². The molecule has 0 saturated heterocycles. The van der Waals surface area contributed by atoms with E-state index in [9.17, 15) is 5.11 Å². The van der Waals surface area contributed by atoms with E-state index in [1.807, 2.05) is 6.07 Å². The SMILES string of the molecule is NCCC1(c2ccc(O)cc2Cl)CCC1. The lowest BCUT2D eigenvalue weighted by Crippen LogP contribution is -2.36. The quantitative estimate of drug-likeness (QED) is 0.831. The Kier molecular flexibility index (Phi) is 2.89. The minimum absolute atomic E-state index is 0.180. The molecule has 2 rings (SSSR count). The maximum atomic E-state index is 9.31. The van der Waals surface area contributed by atoms with Crippen molar-refractivity contribution in [3.63, 3.8) is 0 Å². The van der Waals surface area contributed by atoms with E-state index >= 15 is 0 Å². The molecule has 82 valence electrons. The van der Waals surface area contributed by atoms with Gasteiger partial charge in [-0.25, -0.2) is 0 Å². The number of phenolic OH excluding ortho intramolecular Hbond substituents is 1. The topological polar surface area (TPSA) is 46.2 Å². The number of phenols is 1. The number of aromatic hydroxyl groups is 1. The number of rotatable bonds is 3. The molecule has 3 N–H and O–H groups in total. The zero-order chi connectivity index (χ0) is 10.9. The van der Waals surface area contributed by atoms with Crippen LogP contribution in [-0.2, 0) is 5.41 Å². The molecule has 3 heteroatoms. The summed E-state index contributed by atoms with van der Waals surface area (Å²) in [7, 11) is 0. The highest BCUT2D eigenvalue weighted by Crippen LogP contribution is 2.48. The minimum atomic E-state index is 0.180. The van der Waals surface area contributed by atoms with Gasteiger partial charge in [0, 0.05) is 5.02 Å². The molecule has 0 amide bonds. The van der Waals surface area contributed by atoms with Crippen molar-refractivity contribution in [2.75, 3.05) is 6.54 Å². The number of benzene rings is 1. The van der Waals surface area contributed by atoms with Gasteiger partial charge in [0.2, 0.25) is 0 Å². The lowest BCUT2D eigenvalue weighted by Gasteiger charge is -2.43. The van der Waals surface area contributed by atoms with Gasteiger partial charge < -0.3 is 10.8 Å². The van der Waals surface area contributed by atoms with E-state index in [0.29, 0.717) is 11.6 Å². The molecule has 0 radical (unpaired) electrons. The Balaban J connectivity index is 2.34. The van der Waals surface area contributed by atoms with Crippen molar-refractivity contribution >= 4 is 11.6 Å². The van der Waals surface area contributed by atoms with Crippen LogP contribution in [0.2, 0.25) is 5.02 Å². The Bertz CT molecular complexity index is 361. The summed E-state index contributed by atoms with van der Waals surface area (Å²) in [4.78, 5) is 0.